The smallest absolute Gasteiger partial charge is 0.383 e. The molecule has 2 aromatic carbocycles. The summed E-state index contributed by atoms with van der Waals surface area (Å²) in [6, 6.07) is 14.1. The van der Waals surface area contributed by atoms with Gasteiger partial charge in [0.15, 0.2) is 0 Å². The quantitative estimate of drug-likeness (QED) is 0.285. The molecule has 2 aliphatic rings. The molecule has 1 fully saturated rings. The molecule has 2 aromatic rings. The Morgan fingerprint density at radius 1 is 0.700 bits per heavy atom. The predicted octanol–water partition coefficient (Wildman–Crippen LogP) is 10.3. The van der Waals surface area contributed by atoms with Crippen LogP contribution in [0.1, 0.15) is 121 Å². The summed E-state index contributed by atoms with van der Waals surface area (Å²) in [5.41, 5.74) is 8.91. The lowest BCUT2D eigenvalue weighted by Gasteiger charge is -2.40. The highest BCUT2D eigenvalue weighted by atomic mass is 28.4. The largest absolute Gasteiger partial charge is 0.548 e. The van der Waals surface area contributed by atoms with Gasteiger partial charge in [-0.2, -0.15) is 0 Å². The zero-order valence-corrected chi connectivity index (χ0v) is 28.3. The number of allylic oxidation sites excluding steroid dienone is 2. The van der Waals surface area contributed by atoms with Crippen LogP contribution in [0.25, 0.3) is 0 Å². The van der Waals surface area contributed by atoms with Gasteiger partial charge in [0.05, 0.1) is 5.76 Å². The molecule has 1 atom stereocenters. The molecule has 5 heteroatoms. The zero-order valence-electron chi connectivity index (χ0n) is 27.3. The van der Waals surface area contributed by atoms with Crippen molar-refractivity contribution >= 4 is 26.7 Å². The lowest BCUT2D eigenvalue weighted by molar-refractivity contribution is 0.379. The number of benzene rings is 2. The zero-order chi connectivity index (χ0) is 29.4. The molecule has 3 nitrogen and oxygen atoms in total. The maximum absolute atomic E-state index is 6.66. The summed E-state index contributed by atoms with van der Waals surface area (Å²) in [6.07, 6.45) is 6.02. The number of hydrogen-bond donors (Lipinski definition) is 0. The topological polar surface area (TPSA) is 15.7 Å². The molecule has 40 heavy (non-hydrogen) atoms. The summed E-state index contributed by atoms with van der Waals surface area (Å²) in [5.74, 6) is 3.57. The normalized spacial score (nSPS) is 18.5. The van der Waals surface area contributed by atoms with Gasteiger partial charge in [-0.3, -0.25) is 0 Å². The van der Waals surface area contributed by atoms with E-state index >= 15 is 0 Å². The number of anilines is 2. The average molecular weight is 559 g/mol. The summed E-state index contributed by atoms with van der Waals surface area (Å²) >= 11 is 0. The maximum atomic E-state index is 6.66. The second-order valence-electron chi connectivity index (χ2n) is 14.4. The lowest BCUT2D eigenvalue weighted by atomic mass is 9.56. The molecule has 1 aliphatic carbocycles. The Morgan fingerprint density at radius 3 is 1.45 bits per heavy atom. The first kappa shape index (κ1) is 30.8. The van der Waals surface area contributed by atoms with E-state index in [9.17, 15) is 0 Å². The fraction of sp³-hybridized carbons (Fsp3) is 0.600. The molecule has 1 aliphatic heterocycles. The molecule has 0 saturated carbocycles. The van der Waals surface area contributed by atoms with Crippen molar-refractivity contribution in [1.29, 1.82) is 0 Å². The van der Waals surface area contributed by atoms with E-state index in [2.05, 4.69) is 127 Å². The Hall–Kier alpha value is -2.14. The summed E-state index contributed by atoms with van der Waals surface area (Å²) in [6.45, 7) is 28.2. The van der Waals surface area contributed by atoms with E-state index in [1.807, 2.05) is 0 Å². The van der Waals surface area contributed by atoms with E-state index in [-0.39, 0.29) is 6.98 Å². The molecule has 4 rings (SSSR count). The average Bonchev–Trinajstić information content (AvgIpc) is 3.31. The van der Waals surface area contributed by atoms with Crippen LogP contribution in [0.2, 0.25) is 25.5 Å². The molecule has 1 unspecified atom stereocenters. The lowest BCUT2D eigenvalue weighted by Crippen LogP contribution is -2.49. The molecular formula is C35H55BN2OSi. The van der Waals surface area contributed by atoms with Crippen molar-refractivity contribution in [1.82, 2.24) is 0 Å². The fourth-order valence-corrected chi connectivity index (χ4v) is 7.87. The van der Waals surface area contributed by atoms with Crippen molar-refractivity contribution < 1.29 is 4.43 Å². The molecule has 218 valence electrons. The van der Waals surface area contributed by atoms with E-state index in [0.717, 1.165) is 19.5 Å². The van der Waals surface area contributed by atoms with Crippen LogP contribution >= 0.6 is 0 Å². The fourth-order valence-electron chi connectivity index (χ4n) is 6.92. The first-order chi connectivity index (χ1) is 18.8. The minimum atomic E-state index is -1.67. The predicted molar refractivity (Wildman–Crippen MR) is 180 cm³/mol. The maximum Gasteiger partial charge on any atom is 0.383 e. The Balaban J connectivity index is 1.94. The Kier molecular flexibility index (Phi) is 9.54. The van der Waals surface area contributed by atoms with Gasteiger partial charge in [0.1, 0.15) is 0 Å². The van der Waals surface area contributed by atoms with Gasteiger partial charge in [-0.25, -0.2) is 0 Å². The van der Waals surface area contributed by atoms with Crippen LogP contribution in [0, 0.1) is 0 Å². The third-order valence-corrected chi connectivity index (χ3v) is 9.54. The van der Waals surface area contributed by atoms with Crippen LogP contribution in [0.5, 0.6) is 0 Å². The Labute approximate surface area is 247 Å². The van der Waals surface area contributed by atoms with Gasteiger partial charge < -0.3 is 14.0 Å². The Bertz CT molecular complexity index is 1070. The molecule has 0 aromatic heterocycles. The molecular weight excluding hydrogens is 503 g/mol. The SMILES string of the molecule is CC(C)c1cccc(C(C)C)c1N1CCN(c2c(C(C)C)cccc2C(C)C)B1C1C=C(O[Si](C)(C)C)CCC1. The van der Waals surface area contributed by atoms with Gasteiger partial charge in [-0.1, -0.05) is 91.8 Å². The van der Waals surface area contributed by atoms with Crippen LogP contribution in [-0.4, -0.2) is 28.4 Å². The first-order valence-electron chi connectivity index (χ1n) is 16.0. The van der Waals surface area contributed by atoms with Crippen LogP contribution < -0.4 is 9.62 Å². The molecule has 0 amide bonds. The minimum absolute atomic E-state index is 0.273. The second kappa shape index (κ2) is 12.4. The van der Waals surface area contributed by atoms with Crippen molar-refractivity contribution in [2.75, 3.05) is 22.7 Å². The summed E-state index contributed by atoms with van der Waals surface area (Å²) in [4.78, 5) is 5.62. The van der Waals surface area contributed by atoms with Gasteiger partial charge in [-0.15, -0.1) is 0 Å². The standard InChI is InChI=1S/C35H55BN2OSi/c1-24(2)30-17-13-18-31(25(3)4)34(30)37-21-22-38(35-32(26(5)6)19-14-20-33(35)27(7)8)36(37)28-15-12-16-29(23-28)39-40(9,10)11/h13-14,17-20,23-28H,12,15-16,21-22H2,1-11H3. The van der Waals surface area contributed by atoms with Crippen LogP contribution in [-0.2, 0) is 4.43 Å². The van der Waals surface area contributed by atoms with Gasteiger partial charge in [0.25, 0.3) is 0 Å². The monoisotopic (exact) mass is 558 g/mol. The van der Waals surface area contributed by atoms with Crippen molar-refractivity contribution in [3.05, 3.63) is 70.5 Å². The summed E-state index contributed by atoms with van der Waals surface area (Å²) in [5, 5.41) is 0. The van der Waals surface area contributed by atoms with Crippen LogP contribution in [0.4, 0.5) is 11.4 Å². The molecule has 0 N–H and O–H groups in total. The molecule has 0 bridgehead atoms. The molecule has 1 heterocycles. The number of hydrogen-bond acceptors (Lipinski definition) is 3. The number of para-hydroxylation sites is 2. The van der Waals surface area contributed by atoms with Gasteiger partial charge in [-0.05, 0) is 84.5 Å². The van der Waals surface area contributed by atoms with Crippen molar-refractivity contribution in [2.24, 2.45) is 0 Å². The first-order valence-corrected chi connectivity index (χ1v) is 19.4. The third kappa shape index (κ3) is 6.50. The van der Waals surface area contributed by atoms with Crippen molar-refractivity contribution in [3.63, 3.8) is 0 Å². The van der Waals surface area contributed by atoms with E-state index in [0.29, 0.717) is 29.5 Å². The van der Waals surface area contributed by atoms with Crippen LogP contribution in [0.3, 0.4) is 0 Å². The highest BCUT2D eigenvalue weighted by Gasteiger charge is 2.46. The van der Waals surface area contributed by atoms with E-state index in [1.165, 1.54) is 52.2 Å². The van der Waals surface area contributed by atoms with Crippen LogP contribution in [0.15, 0.2) is 48.2 Å². The second-order valence-corrected chi connectivity index (χ2v) is 18.8. The number of rotatable bonds is 9. The summed E-state index contributed by atoms with van der Waals surface area (Å²) < 4.78 is 6.66. The van der Waals surface area contributed by atoms with Crippen molar-refractivity contribution in [3.8, 4) is 0 Å². The van der Waals surface area contributed by atoms with E-state index in [4.69, 9.17) is 4.43 Å². The summed E-state index contributed by atoms with van der Waals surface area (Å²) in [7, 11) is -1.67. The molecule has 0 spiro atoms. The third-order valence-electron chi connectivity index (χ3n) is 8.66. The van der Waals surface area contributed by atoms with E-state index in [1.54, 1.807) is 0 Å². The minimum Gasteiger partial charge on any atom is -0.548 e. The molecule has 0 radical (unpaired) electrons. The van der Waals surface area contributed by atoms with Gasteiger partial charge in [0, 0.05) is 36.7 Å². The molecule has 1 saturated heterocycles. The van der Waals surface area contributed by atoms with E-state index < -0.39 is 8.32 Å². The highest BCUT2D eigenvalue weighted by Crippen LogP contribution is 2.46. The van der Waals surface area contributed by atoms with Gasteiger partial charge in [0.2, 0.25) is 8.32 Å². The van der Waals surface area contributed by atoms with Gasteiger partial charge >= 0.3 is 6.98 Å². The van der Waals surface area contributed by atoms with Crippen molar-refractivity contribution in [2.45, 2.75) is 124 Å². The highest BCUT2D eigenvalue weighted by molar-refractivity contribution is 6.71. The Morgan fingerprint density at radius 2 is 1.10 bits per heavy atom. The number of nitrogens with zero attached hydrogens (tertiary/aromatic N) is 2.